The van der Waals surface area contributed by atoms with Crippen LogP contribution < -0.4 is 5.32 Å². The molecule has 3 rings (SSSR count). The molecule has 2 aromatic carbocycles. The Morgan fingerprint density at radius 2 is 1.70 bits per heavy atom. The highest BCUT2D eigenvalue weighted by Gasteiger charge is 2.20. The topological polar surface area (TPSA) is 46.2 Å². The summed E-state index contributed by atoms with van der Waals surface area (Å²) < 4.78 is 37.9. The monoisotopic (exact) mass is 291 g/mol. The zero-order valence-corrected chi connectivity index (χ0v) is 11.6. The summed E-state index contributed by atoms with van der Waals surface area (Å²) in [7, 11) is -3.60. The van der Waals surface area contributed by atoms with Gasteiger partial charge in [0, 0.05) is 12.2 Å². The summed E-state index contributed by atoms with van der Waals surface area (Å²) in [6.45, 7) is 0.854. The van der Waals surface area contributed by atoms with Crippen LogP contribution in [0.2, 0.25) is 0 Å². The minimum absolute atomic E-state index is 0.106. The molecule has 0 aliphatic carbocycles. The van der Waals surface area contributed by atoms with Crippen molar-refractivity contribution in [2.75, 3.05) is 11.9 Å². The number of sulfone groups is 1. The molecule has 1 heterocycles. The third kappa shape index (κ3) is 2.29. The van der Waals surface area contributed by atoms with Gasteiger partial charge in [0.05, 0.1) is 9.79 Å². The minimum atomic E-state index is -3.60. The molecule has 0 aromatic heterocycles. The van der Waals surface area contributed by atoms with Crippen LogP contribution in [0.15, 0.2) is 52.3 Å². The maximum absolute atomic E-state index is 12.9. The second-order valence-electron chi connectivity index (χ2n) is 4.81. The van der Waals surface area contributed by atoms with Crippen LogP contribution in [-0.4, -0.2) is 15.0 Å². The SMILES string of the molecule is O=S(=O)(c1ccc(F)cc1)c1ccc2c(c1)NCCC2. The molecule has 1 N–H and O–H groups in total. The minimum Gasteiger partial charge on any atom is -0.385 e. The Labute approximate surface area is 117 Å². The highest BCUT2D eigenvalue weighted by atomic mass is 32.2. The van der Waals surface area contributed by atoms with Crippen molar-refractivity contribution >= 4 is 15.5 Å². The molecule has 5 heteroatoms. The fourth-order valence-electron chi connectivity index (χ4n) is 2.36. The summed E-state index contributed by atoms with van der Waals surface area (Å²) in [5, 5.41) is 3.21. The van der Waals surface area contributed by atoms with Gasteiger partial charge < -0.3 is 5.32 Å². The average Bonchev–Trinajstić information content (AvgIpc) is 2.47. The molecule has 3 nitrogen and oxygen atoms in total. The number of fused-ring (bicyclic) bond motifs is 1. The predicted octanol–water partition coefficient (Wildman–Crippen LogP) is 3.02. The van der Waals surface area contributed by atoms with E-state index in [-0.39, 0.29) is 9.79 Å². The van der Waals surface area contributed by atoms with Gasteiger partial charge in [-0.2, -0.15) is 0 Å². The van der Waals surface area contributed by atoms with Crippen LogP contribution in [0, 0.1) is 5.82 Å². The molecule has 0 amide bonds. The molecule has 0 unspecified atom stereocenters. The van der Waals surface area contributed by atoms with Gasteiger partial charge in [0.2, 0.25) is 9.84 Å². The van der Waals surface area contributed by atoms with Crippen molar-refractivity contribution in [3.8, 4) is 0 Å². The van der Waals surface area contributed by atoms with Crippen molar-refractivity contribution in [2.24, 2.45) is 0 Å². The molecule has 0 fully saturated rings. The van der Waals surface area contributed by atoms with Crippen LogP contribution in [0.4, 0.5) is 10.1 Å². The zero-order chi connectivity index (χ0) is 14.2. The first-order chi connectivity index (χ1) is 9.57. The first-order valence-electron chi connectivity index (χ1n) is 6.45. The van der Waals surface area contributed by atoms with Crippen molar-refractivity contribution in [3.63, 3.8) is 0 Å². The van der Waals surface area contributed by atoms with E-state index >= 15 is 0 Å². The Morgan fingerprint density at radius 1 is 1.00 bits per heavy atom. The van der Waals surface area contributed by atoms with Crippen molar-refractivity contribution in [3.05, 3.63) is 53.8 Å². The molecular formula is C15H14FNO2S. The lowest BCUT2D eigenvalue weighted by Crippen LogP contribution is -2.12. The van der Waals surface area contributed by atoms with E-state index in [4.69, 9.17) is 0 Å². The van der Waals surface area contributed by atoms with Crippen LogP contribution in [0.1, 0.15) is 12.0 Å². The maximum Gasteiger partial charge on any atom is 0.206 e. The number of rotatable bonds is 2. The number of aryl methyl sites for hydroxylation is 1. The van der Waals surface area contributed by atoms with Gasteiger partial charge in [-0.1, -0.05) is 6.07 Å². The number of nitrogens with one attached hydrogen (secondary N) is 1. The Bertz CT molecular complexity index is 739. The van der Waals surface area contributed by atoms with Crippen LogP contribution in [0.25, 0.3) is 0 Å². The third-order valence-electron chi connectivity index (χ3n) is 3.45. The first-order valence-corrected chi connectivity index (χ1v) is 7.93. The van der Waals surface area contributed by atoms with Gasteiger partial charge in [0.1, 0.15) is 5.82 Å². The third-order valence-corrected chi connectivity index (χ3v) is 5.22. The molecule has 1 aliphatic rings. The summed E-state index contributed by atoms with van der Waals surface area (Å²) >= 11 is 0. The van der Waals surface area contributed by atoms with E-state index in [1.165, 1.54) is 12.1 Å². The maximum atomic E-state index is 12.9. The smallest absolute Gasteiger partial charge is 0.206 e. The highest BCUT2D eigenvalue weighted by Crippen LogP contribution is 2.28. The van der Waals surface area contributed by atoms with E-state index in [1.54, 1.807) is 12.1 Å². The first kappa shape index (κ1) is 13.1. The number of benzene rings is 2. The fraction of sp³-hybridized carbons (Fsp3) is 0.200. The van der Waals surface area contributed by atoms with Gasteiger partial charge in [-0.05, 0) is 54.8 Å². The standard InChI is InChI=1S/C15H14FNO2S/c16-12-4-7-13(8-5-12)20(18,19)14-6-3-11-2-1-9-17-15(11)10-14/h3-8,10,17H,1-2,9H2. The fourth-order valence-corrected chi connectivity index (χ4v) is 3.64. The molecular weight excluding hydrogens is 277 g/mol. The van der Waals surface area contributed by atoms with Crippen molar-refractivity contribution in [1.29, 1.82) is 0 Å². The molecule has 2 aromatic rings. The molecule has 0 saturated carbocycles. The second kappa shape index (κ2) is 4.90. The summed E-state index contributed by atoms with van der Waals surface area (Å²) in [4.78, 5) is 0.340. The van der Waals surface area contributed by atoms with Crippen LogP contribution >= 0.6 is 0 Å². The number of hydrogen-bond donors (Lipinski definition) is 1. The second-order valence-corrected chi connectivity index (χ2v) is 6.76. The Hall–Kier alpha value is -1.88. The lowest BCUT2D eigenvalue weighted by molar-refractivity contribution is 0.594. The average molecular weight is 291 g/mol. The van der Waals surface area contributed by atoms with E-state index in [2.05, 4.69) is 5.32 Å². The molecule has 20 heavy (non-hydrogen) atoms. The van der Waals surface area contributed by atoms with Crippen LogP contribution in [0.5, 0.6) is 0 Å². The highest BCUT2D eigenvalue weighted by molar-refractivity contribution is 7.91. The van der Waals surface area contributed by atoms with Crippen molar-refractivity contribution < 1.29 is 12.8 Å². The molecule has 0 saturated heterocycles. The summed E-state index contributed by atoms with van der Waals surface area (Å²) in [5.41, 5.74) is 2.01. The number of anilines is 1. The lowest BCUT2D eigenvalue weighted by Gasteiger charge is -2.18. The van der Waals surface area contributed by atoms with Crippen molar-refractivity contribution in [2.45, 2.75) is 22.6 Å². The number of halogens is 1. The molecule has 0 atom stereocenters. The van der Waals surface area contributed by atoms with E-state index in [9.17, 15) is 12.8 Å². The predicted molar refractivity (Wildman–Crippen MR) is 75.1 cm³/mol. The van der Waals surface area contributed by atoms with Gasteiger partial charge in [-0.3, -0.25) is 0 Å². The van der Waals surface area contributed by atoms with E-state index in [0.29, 0.717) is 0 Å². The largest absolute Gasteiger partial charge is 0.385 e. The quantitative estimate of drug-likeness (QED) is 0.865. The van der Waals surface area contributed by atoms with E-state index in [1.807, 2.05) is 6.07 Å². The van der Waals surface area contributed by atoms with E-state index < -0.39 is 15.7 Å². The molecule has 0 radical (unpaired) electrons. The Morgan fingerprint density at radius 3 is 2.45 bits per heavy atom. The summed E-state index contributed by atoms with van der Waals surface area (Å²) in [5.74, 6) is -0.448. The Balaban J connectivity index is 2.05. The van der Waals surface area contributed by atoms with Gasteiger partial charge >= 0.3 is 0 Å². The van der Waals surface area contributed by atoms with Gasteiger partial charge in [-0.25, -0.2) is 12.8 Å². The number of hydrogen-bond acceptors (Lipinski definition) is 3. The van der Waals surface area contributed by atoms with Gasteiger partial charge in [0.15, 0.2) is 0 Å². The zero-order valence-electron chi connectivity index (χ0n) is 10.8. The van der Waals surface area contributed by atoms with Gasteiger partial charge in [0.25, 0.3) is 0 Å². The van der Waals surface area contributed by atoms with E-state index in [0.717, 1.165) is 42.8 Å². The normalized spacial score (nSPS) is 14.4. The summed E-state index contributed by atoms with van der Waals surface area (Å²) in [6.07, 6.45) is 2.01. The Kier molecular flexibility index (Phi) is 3.22. The molecule has 104 valence electrons. The summed E-state index contributed by atoms with van der Waals surface area (Å²) in [6, 6.07) is 10.0. The molecule has 0 spiro atoms. The van der Waals surface area contributed by atoms with Crippen molar-refractivity contribution in [1.82, 2.24) is 0 Å². The van der Waals surface area contributed by atoms with Crippen LogP contribution in [-0.2, 0) is 16.3 Å². The lowest BCUT2D eigenvalue weighted by atomic mass is 10.0. The molecule has 0 bridgehead atoms. The van der Waals surface area contributed by atoms with Gasteiger partial charge in [-0.15, -0.1) is 0 Å². The van der Waals surface area contributed by atoms with Crippen LogP contribution in [0.3, 0.4) is 0 Å². The molecule has 1 aliphatic heterocycles.